The molecule has 9 nitrogen and oxygen atoms in total. The number of carbonyl (C=O) groups excluding carboxylic acids is 1. The van der Waals surface area contributed by atoms with Gasteiger partial charge >= 0.3 is 6.18 Å². The number of aliphatic hydroxyl groups excluding tert-OH is 1. The summed E-state index contributed by atoms with van der Waals surface area (Å²) in [6.07, 6.45) is -2.10. The summed E-state index contributed by atoms with van der Waals surface area (Å²) in [5.74, 6) is -0.354. The van der Waals surface area contributed by atoms with Crippen LogP contribution in [0.5, 0.6) is 5.88 Å². The molecule has 3 heterocycles. The number of pyridine rings is 1. The maximum Gasteiger partial charge on any atom is 0.435 e. The van der Waals surface area contributed by atoms with Crippen molar-refractivity contribution >= 4 is 17.3 Å². The quantitative estimate of drug-likeness (QED) is 0.506. The summed E-state index contributed by atoms with van der Waals surface area (Å²) in [7, 11) is 0. The molecule has 0 spiro atoms. The van der Waals surface area contributed by atoms with Crippen molar-refractivity contribution in [2.24, 2.45) is 0 Å². The van der Waals surface area contributed by atoms with E-state index in [9.17, 15) is 18.0 Å². The van der Waals surface area contributed by atoms with E-state index in [0.29, 0.717) is 43.9 Å². The Balaban J connectivity index is 1.62. The maximum absolute atomic E-state index is 12.9. The standard InChI is InChI=1S/C24H24F3N5O4/c1-15-2-3-18(30-22(34)17-11-21(24(25,26)27)31-29-14-17)12-19(15)16-10-20(32-4-7-35-8-5-32)23(28-13-16)36-9-6-33/h2-3,10-14,33H,4-9H2,1H3,(H,30,34). The first-order valence-electron chi connectivity index (χ1n) is 11.1. The molecule has 0 bridgehead atoms. The zero-order valence-electron chi connectivity index (χ0n) is 19.4. The Labute approximate surface area is 204 Å². The molecule has 1 aliphatic heterocycles. The van der Waals surface area contributed by atoms with Crippen molar-refractivity contribution in [3.05, 3.63) is 59.5 Å². The number of benzene rings is 1. The lowest BCUT2D eigenvalue weighted by Crippen LogP contribution is -2.36. The van der Waals surface area contributed by atoms with Crippen LogP contribution in [0.4, 0.5) is 24.5 Å². The highest BCUT2D eigenvalue weighted by atomic mass is 19.4. The number of alkyl halides is 3. The molecule has 1 saturated heterocycles. The predicted octanol–water partition coefficient (Wildman–Crippen LogP) is 3.33. The number of aliphatic hydroxyl groups is 1. The number of aryl methyl sites for hydroxylation is 1. The van der Waals surface area contributed by atoms with Gasteiger partial charge in [-0.1, -0.05) is 6.07 Å². The molecular weight excluding hydrogens is 479 g/mol. The molecule has 190 valence electrons. The van der Waals surface area contributed by atoms with Crippen molar-refractivity contribution in [3.63, 3.8) is 0 Å². The first-order chi connectivity index (χ1) is 17.3. The van der Waals surface area contributed by atoms with Crippen LogP contribution < -0.4 is 15.0 Å². The van der Waals surface area contributed by atoms with E-state index in [1.54, 1.807) is 24.4 Å². The second-order valence-corrected chi connectivity index (χ2v) is 8.03. The van der Waals surface area contributed by atoms with E-state index in [-0.39, 0.29) is 18.8 Å². The van der Waals surface area contributed by atoms with Crippen LogP contribution in [0.25, 0.3) is 11.1 Å². The number of rotatable bonds is 7. The topological polar surface area (TPSA) is 110 Å². The fourth-order valence-corrected chi connectivity index (χ4v) is 3.72. The Morgan fingerprint density at radius 3 is 2.69 bits per heavy atom. The summed E-state index contributed by atoms with van der Waals surface area (Å²) < 4.78 is 49.9. The van der Waals surface area contributed by atoms with E-state index >= 15 is 0 Å². The molecule has 0 radical (unpaired) electrons. The number of nitrogens with one attached hydrogen (secondary N) is 1. The van der Waals surface area contributed by atoms with Crippen LogP contribution in [0.15, 0.2) is 42.7 Å². The number of anilines is 2. The normalized spacial score (nSPS) is 14.0. The van der Waals surface area contributed by atoms with Crippen molar-refractivity contribution < 1.29 is 32.5 Å². The van der Waals surface area contributed by atoms with E-state index in [2.05, 4.69) is 25.4 Å². The van der Waals surface area contributed by atoms with Gasteiger partial charge in [-0.2, -0.15) is 18.3 Å². The minimum absolute atomic E-state index is 0.101. The number of hydrogen-bond acceptors (Lipinski definition) is 8. The number of aromatic nitrogens is 3. The minimum Gasteiger partial charge on any atom is -0.474 e. The third-order valence-corrected chi connectivity index (χ3v) is 5.53. The number of morpholine rings is 1. The summed E-state index contributed by atoms with van der Waals surface area (Å²) >= 11 is 0. The van der Waals surface area contributed by atoms with Gasteiger partial charge in [0.25, 0.3) is 5.91 Å². The molecule has 2 aromatic heterocycles. The second kappa shape index (κ2) is 10.9. The fourth-order valence-electron chi connectivity index (χ4n) is 3.72. The van der Waals surface area contributed by atoms with Gasteiger partial charge in [0.1, 0.15) is 12.3 Å². The number of amides is 1. The fraction of sp³-hybridized carbons (Fsp3) is 0.333. The van der Waals surface area contributed by atoms with Crippen LogP contribution in [-0.2, 0) is 10.9 Å². The Hall–Kier alpha value is -3.77. The van der Waals surface area contributed by atoms with Crippen LogP contribution in [0, 0.1) is 6.92 Å². The molecule has 3 aromatic rings. The largest absolute Gasteiger partial charge is 0.474 e. The third kappa shape index (κ3) is 5.89. The van der Waals surface area contributed by atoms with Gasteiger partial charge in [0.2, 0.25) is 5.88 Å². The molecule has 1 aromatic carbocycles. The van der Waals surface area contributed by atoms with Gasteiger partial charge in [-0.15, -0.1) is 5.10 Å². The van der Waals surface area contributed by atoms with E-state index in [0.717, 1.165) is 28.6 Å². The first kappa shape index (κ1) is 25.3. The van der Waals surface area contributed by atoms with Crippen molar-refractivity contribution in [2.75, 3.05) is 49.7 Å². The molecule has 0 saturated carbocycles. The second-order valence-electron chi connectivity index (χ2n) is 8.03. The Bertz CT molecular complexity index is 1230. The molecule has 0 unspecified atom stereocenters. The molecule has 0 aliphatic carbocycles. The average molecular weight is 503 g/mol. The number of hydrogen-bond donors (Lipinski definition) is 2. The molecule has 1 aliphatic rings. The zero-order chi connectivity index (χ0) is 25.7. The predicted molar refractivity (Wildman–Crippen MR) is 125 cm³/mol. The number of halogens is 3. The molecule has 36 heavy (non-hydrogen) atoms. The molecule has 2 N–H and O–H groups in total. The van der Waals surface area contributed by atoms with E-state index in [1.807, 2.05) is 13.0 Å². The highest BCUT2D eigenvalue weighted by Crippen LogP contribution is 2.34. The van der Waals surface area contributed by atoms with Gasteiger partial charge in [0.05, 0.1) is 31.6 Å². The van der Waals surface area contributed by atoms with E-state index < -0.39 is 17.8 Å². The van der Waals surface area contributed by atoms with Gasteiger partial charge in [-0.3, -0.25) is 4.79 Å². The summed E-state index contributed by atoms with van der Waals surface area (Å²) in [4.78, 5) is 19.2. The van der Waals surface area contributed by atoms with Crippen molar-refractivity contribution in [1.82, 2.24) is 15.2 Å². The molecule has 12 heteroatoms. The zero-order valence-corrected chi connectivity index (χ0v) is 19.4. The number of carbonyl (C=O) groups is 1. The average Bonchev–Trinajstić information content (AvgIpc) is 2.88. The number of nitrogens with zero attached hydrogens (tertiary/aromatic N) is 4. The SMILES string of the molecule is Cc1ccc(NC(=O)c2cnnc(C(F)(F)F)c2)cc1-c1cnc(OCCO)c(N2CCOCC2)c1. The van der Waals surface area contributed by atoms with Gasteiger partial charge in [-0.05, 0) is 42.3 Å². The van der Waals surface area contributed by atoms with Gasteiger partial charge in [0, 0.05) is 30.5 Å². The van der Waals surface area contributed by atoms with Crippen LogP contribution in [0.1, 0.15) is 21.6 Å². The summed E-state index contributed by atoms with van der Waals surface area (Å²) in [5.41, 5.74) is 2.06. The molecule has 1 amide bonds. The third-order valence-electron chi connectivity index (χ3n) is 5.53. The monoisotopic (exact) mass is 503 g/mol. The lowest BCUT2D eigenvalue weighted by molar-refractivity contribution is -0.141. The van der Waals surface area contributed by atoms with Crippen LogP contribution >= 0.6 is 0 Å². The molecule has 4 rings (SSSR count). The Kier molecular flexibility index (Phi) is 7.65. The summed E-state index contributed by atoms with van der Waals surface area (Å²) in [6.45, 7) is 4.27. The lowest BCUT2D eigenvalue weighted by Gasteiger charge is -2.30. The minimum atomic E-state index is -4.71. The Morgan fingerprint density at radius 1 is 1.19 bits per heavy atom. The van der Waals surface area contributed by atoms with E-state index in [1.165, 1.54) is 0 Å². The molecule has 0 atom stereocenters. The van der Waals surface area contributed by atoms with Gasteiger partial charge in [0.15, 0.2) is 5.69 Å². The van der Waals surface area contributed by atoms with Gasteiger partial charge in [-0.25, -0.2) is 4.98 Å². The molecule has 1 fully saturated rings. The van der Waals surface area contributed by atoms with Crippen LogP contribution in [0.3, 0.4) is 0 Å². The highest BCUT2D eigenvalue weighted by molar-refractivity contribution is 6.04. The first-order valence-corrected chi connectivity index (χ1v) is 11.1. The Morgan fingerprint density at radius 2 is 1.97 bits per heavy atom. The van der Waals surface area contributed by atoms with Crippen molar-refractivity contribution in [2.45, 2.75) is 13.1 Å². The summed E-state index contributed by atoms with van der Waals surface area (Å²) in [5, 5.41) is 18.1. The number of ether oxygens (including phenoxy) is 2. The van der Waals surface area contributed by atoms with E-state index in [4.69, 9.17) is 14.6 Å². The lowest BCUT2D eigenvalue weighted by atomic mass is 10.0. The highest BCUT2D eigenvalue weighted by Gasteiger charge is 2.33. The van der Waals surface area contributed by atoms with Crippen molar-refractivity contribution in [3.8, 4) is 17.0 Å². The van der Waals surface area contributed by atoms with Crippen LogP contribution in [0.2, 0.25) is 0 Å². The maximum atomic E-state index is 12.9. The smallest absolute Gasteiger partial charge is 0.435 e. The van der Waals surface area contributed by atoms with Gasteiger partial charge < -0.3 is 24.8 Å². The van der Waals surface area contributed by atoms with Crippen molar-refractivity contribution in [1.29, 1.82) is 0 Å². The molecular formula is C24H24F3N5O4. The van der Waals surface area contributed by atoms with Crippen LogP contribution in [-0.4, -0.2) is 65.7 Å². The summed E-state index contributed by atoms with van der Waals surface area (Å²) in [6, 6.07) is 7.75.